The number of hydrogen-bond acceptors (Lipinski definition) is 2. The molecule has 0 spiro atoms. The van der Waals surface area contributed by atoms with E-state index in [4.69, 9.17) is 0 Å². The molecule has 0 saturated heterocycles. The molecule has 2 nitrogen and oxygen atoms in total. The molecule has 2 fully saturated rings. The number of fused-ring (bicyclic) bond motifs is 1. The summed E-state index contributed by atoms with van der Waals surface area (Å²) in [5.74, 6) is 3.33. The van der Waals surface area contributed by atoms with Crippen LogP contribution in [0.1, 0.15) is 71.1 Å². The van der Waals surface area contributed by atoms with Crippen LogP contribution >= 0.6 is 0 Å². The van der Waals surface area contributed by atoms with Gasteiger partial charge in [0.15, 0.2) is 5.78 Å². The van der Waals surface area contributed by atoms with Crippen LogP contribution in [0.25, 0.3) is 0 Å². The minimum Gasteiger partial charge on any atom is -0.393 e. The highest BCUT2D eigenvalue weighted by Crippen LogP contribution is 2.50. The van der Waals surface area contributed by atoms with E-state index in [0.717, 1.165) is 49.9 Å². The molecule has 0 aliphatic heterocycles. The van der Waals surface area contributed by atoms with Crippen LogP contribution in [-0.2, 0) is 4.79 Å². The van der Waals surface area contributed by atoms with Gasteiger partial charge in [-0.1, -0.05) is 25.3 Å². The number of rotatable bonds is 4. The zero-order chi connectivity index (χ0) is 14.8. The molecular formula is C19H30O2. The van der Waals surface area contributed by atoms with Gasteiger partial charge in [-0.25, -0.2) is 0 Å². The molecule has 0 amide bonds. The number of ketones is 1. The van der Waals surface area contributed by atoms with Crippen molar-refractivity contribution in [2.45, 2.75) is 77.2 Å². The summed E-state index contributed by atoms with van der Waals surface area (Å²) in [4.78, 5) is 11.7. The Bertz CT molecular complexity index is 412. The van der Waals surface area contributed by atoms with E-state index in [1.807, 2.05) is 6.08 Å². The average molecular weight is 290 g/mol. The van der Waals surface area contributed by atoms with Crippen LogP contribution in [0.15, 0.2) is 11.6 Å². The Balaban J connectivity index is 1.77. The molecule has 118 valence electrons. The Morgan fingerprint density at radius 3 is 2.76 bits per heavy atom. The van der Waals surface area contributed by atoms with Gasteiger partial charge in [0.25, 0.3) is 0 Å². The van der Waals surface area contributed by atoms with Crippen molar-refractivity contribution in [1.82, 2.24) is 0 Å². The molecule has 2 saturated carbocycles. The quantitative estimate of drug-likeness (QED) is 0.839. The van der Waals surface area contributed by atoms with Crippen LogP contribution in [-0.4, -0.2) is 17.0 Å². The zero-order valence-corrected chi connectivity index (χ0v) is 13.4. The summed E-state index contributed by atoms with van der Waals surface area (Å²) in [6, 6.07) is 0. The lowest BCUT2D eigenvalue weighted by atomic mass is 9.61. The summed E-state index contributed by atoms with van der Waals surface area (Å²) in [5.41, 5.74) is 1.46. The normalized spacial score (nSPS) is 40.0. The topological polar surface area (TPSA) is 37.3 Å². The van der Waals surface area contributed by atoms with Crippen LogP contribution in [0, 0.1) is 23.7 Å². The number of allylic oxidation sites excluding steroid dienone is 2. The molecular weight excluding hydrogens is 260 g/mol. The number of hydrogen-bond donors (Lipinski definition) is 1. The smallest absolute Gasteiger partial charge is 0.155 e. The second kappa shape index (κ2) is 6.64. The molecule has 0 bridgehead atoms. The second-order valence-corrected chi connectivity index (χ2v) is 7.57. The maximum absolute atomic E-state index is 11.7. The van der Waals surface area contributed by atoms with Gasteiger partial charge >= 0.3 is 0 Å². The summed E-state index contributed by atoms with van der Waals surface area (Å²) in [6.07, 6.45) is 13.3. The van der Waals surface area contributed by atoms with Crippen molar-refractivity contribution in [2.75, 3.05) is 0 Å². The lowest BCUT2D eigenvalue weighted by molar-refractivity contribution is -0.115. The standard InChI is InChI=1S/C19H30O2/c1-2-3-4-19-17(13-5-7-15(20)11-13)9-6-14-12-16(21)8-10-18(14)19/h12-13,15,17-20H,2-11H2,1H3/t13-,15+,17+,18+,19+/m1/s1. The summed E-state index contributed by atoms with van der Waals surface area (Å²) < 4.78 is 0. The minimum absolute atomic E-state index is 0.0494. The van der Waals surface area contributed by atoms with E-state index in [2.05, 4.69) is 6.92 Å². The first-order valence-electron chi connectivity index (χ1n) is 9.10. The van der Waals surface area contributed by atoms with Crippen molar-refractivity contribution in [1.29, 1.82) is 0 Å². The Morgan fingerprint density at radius 2 is 2.05 bits per heavy atom. The van der Waals surface area contributed by atoms with E-state index in [9.17, 15) is 9.90 Å². The molecule has 0 aromatic rings. The number of unbranched alkanes of at least 4 members (excludes halogenated alkanes) is 1. The molecule has 0 radical (unpaired) electrons. The van der Waals surface area contributed by atoms with Crippen LogP contribution in [0.4, 0.5) is 0 Å². The molecule has 2 heteroatoms. The van der Waals surface area contributed by atoms with Crippen molar-refractivity contribution >= 4 is 5.78 Å². The Morgan fingerprint density at radius 1 is 1.19 bits per heavy atom. The third kappa shape index (κ3) is 3.26. The average Bonchev–Trinajstić information content (AvgIpc) is 2.90. The van der Waals surface area contributed by atoms with Gasteiger partial charge in [-0.15, -0.1) is 0 Å². The molecule has 0 unspecified atom stereocenters. The molecule has 3 aliphatic carbocycles. The van der Waals surface area contributed by atoms with Crippen molar-refractivity contribution < 1.29 is 9.90 Å². The predicted molar refractivity (Wildman–Crippen MR) is 84.9 cm³/mol. The first-order valence-corrected chi connectivity index (χ1v) is 9.10. The van der Waals surface area contributed by atoms with Crippen molar-refractivity contribution in [2.24, 2.45) is 23.7 Å². The molecule has 3 rings (SSSR count). The number of aliphatic hydroxyl groups is 1. The first kappa shape index (κ1) is 15.3. The number of aliphatic hydroxyl groups excluding tert-OH is 1. The van der Waals surface area contributed by atoms with E-state index < -0.39 is 0 Å². The molecule has 0 aromatic heterocycles. The lowest BCUT2D eigenvalue weighted by Crippen LogP contribution is -2.36. The summed E-state index contributed by atoms with van der Waals surface area (Å²) >= 11 is 0. The van der Waals surface area contributed by atoms with Gasteiger partial charge in [0, 0.05) is 6.42 Å². The first-order chi connectivity index (χ1) is 10.2. The van der Waals surface area contributed by atoms with E-state index in [1.165, 1.54) is 37.7 Å². The Labute approximate surface area is 129 Å². The summed E-state index contributed by atoms with van der Waals surface area (Å²) in [7, 11) is 0. The van der Waals surface area contributed by atoms with Crippen LogP contribution in [0.5, 0.6) is 0 Å². The highest BCUT2D eigenvalue weighted by atomic mass is 16.3. The predicted octanol–water partition coefficient (Wildman–Crippen LogP) is 4.27. The monoisotopic (exact) mass is 290 g/mol. The van der Waals surface area contributed by atoms with Gasteiger partial charge in [0.1, 0.15) is 0 Å². The summed E-state index contributed by atoms with van der Waals surface area (Å²) in [6.45, 7) is 2.28. The van der Waals surface area contributed by atoms with E-state index in [1.54, 1.807) is 0 Å². The molecule has 0 heterocycles. The van der Waals surface area contributed by atoms with Gasteiger partial charge < -0.3 is 5.11 Å². The van der Waals surface area contributed by atoms with Crippen molar-refractivity contribution in [3.8, 4) is 0 Å². The Hall–Kier alpha value is -0.630. The van der Waals surface area contributed by atoms with Crippen LogP contribution in [0.2, 0.25) is 0 Å². The lowest BCUT2D eigenvalue weighted by Gasteiger charge is -2.44. The third-order valence-electron chi connectivity index (χ3n) is 6.30. The second-order valence-electron chi connectivity index (χ2n) is 7.57. The molecule has 21 heavy (non-hydrogen) atoms. The van der Waals surface area contributed by atoms with Gasteiger partial charge in [-0.05, 0) is 74.7 Å². The van der Waals surface area contributed by atoms with Crippen LogP contribution < -0.4 is 0 Å². The van der Waals surface area contributed by atoms with Gasteiger partial charge in [0.2, 0.25) is 0 Å². The fourth-order valence-corrected chi connectivity index (χ4v) is 5.28. The molecule has 5 atom stereocenters. The number of carbonyl (C=O) groups is 1. The van der Waals surface area contributed by atoms with Gasteiger partial charge in [-0.3, -0.25) is 4.79 Å². The summed E-state index contributed by atoms with van der Waals surface area (Å²) in [5, 5.41) is 9.90. The molecule has 1 N–H and O–H groups in total. The Kier molecular flexibility index (Phi) is 4.83. The molecule has 0 aromatic carbocycles. The van der Waals surface area contributed by atoms with Crippen molar-refractivity contribution in [3.63, 3.8) is 0 Å². The maximum Gasteiger partial charge on any atom is 0.155 e. The van der Waals surface area contributed by atoms with Crippen molar-refractivity contribution in [3.05, 3.63) is 11.6 Å². The highest BCUT2D eigenvalue weighted by Gasteiger charge is 2.42. The van der Waals surface area contributed by atoms with Crippen LogP contribution in [0.3, 0.4) is 0 Å². The maximum atomic E-state index is 11.7. The largest absolute Gasteiger partial charge is 0.393 e. The fourth-order valence-electron chi connectivity index (χ4n) is 5.28. The highest BCUT2D eigenvalue weighted by molar-refractivity contribution is 5.91. The SMILES string of the molecule is CCCC[C@H]1[C@H]([C@@H]2CC[C@H](O)C2)CCC2=CC(=O)CC[C@@H]21. The number of carbonyl (C=O) groups excluding carboxylic acids is 1. The molecule has 3 aliphatic rings. The fraction of sp³-hybridized carbons (Fsp3) is 0.842. The van der Waals surface area contributed by atoms with E-state index >= 15 is 0 Å². The third-order valence-corrected chi connectivity index (χ3v) is 6.30. The van der Waals surface area contributed by atoms with E-state index in [-0.39, 0.29) is 6.10 Å². The van der Waals surface area contributed by atoms with Gasteiger partial charge in [-0.2, -0.15) is 0 Å². The van der Waals surface area contributed by atoms with Gasteiger partial charge in [0.05, 0.1) is 6.10 Å². The van der Waals surface area contributed by atoms with E-state index in [0.29, 0.717) is 11.7 Å². The minimum atomic E-state index is -0.0494. The zero-order valence-electron chi connectivity index (χ0n) is 13.4.